The number of allylic oxidation sites excluding steroid dienone is 1. The van der Waals surface area contributed by atoms with Crippen molar-refractivity contribution in [1.82, 2.24) is 0 Å². The van der Waals surface area contributed by atoms with Gasteiger partial charge < -0.3 is 5.32 Å². The molecule has 0 unspecified atom stereocenters. The normalized spacial score (nSPS) is 12.2. The quantitative estimate of drug-likeness (QED) is 0.814. The zero-order valence-corrected chi connectivity index (χ0v) is 9.91. The first-order valence-electron chi connectivity index (χ1n) is 4.68. The number of carbonyl (C=O) groups excluding carboxylic acids is 1. The number of benzene rings is 1. The van der Waals surface area contributed by atoms with Gasteiger partial charge in [-0.2, -0.15) is 0 Å². The van der Waals surface area contributed by atoms with Crippen LogP contribution in [0.2, 0.25) is 0 Å². The molecule has 0 radical (unpaired) electrons. The third-order valence-electron chi connectivity index (χ3n) is 1.92. The van der Waals surface area contributed by atoms with E-state index in [4.69, 9.17) is 0 Å². The maximum Gasteiger partial charge on any atom is 0.266 e. The lowest BCUT2D eigenvalue weighted by atomic mass is 10.3. The van der Waals surface area contributed by atoms with Crippen molar-refractivity contribution in [1.29, 1.82) is 0 Å². The Labute approximate surface area is 94.9 Å². The molecule has 0 aliphatic rings. The van der Waals surface area contributed by atoms with Gasteiger partial charge in [0.2, 0.25) is 0 Å². The molecule has 1 aromatic rings. The molecular formula is C11H13NO3S. The van der Waals surface area contributed by atoms with Crippen LogP contribution in [0.3, 0.4) is 0 Å². The molecule has 5 heteroatoms. The lowest BCUT2D eigenvalue weighted by molar-refractivity contribution is -0.112. The number of nitrogens with one attached hydrogen (secondary N) is 1. The van der Waals surface area contributed by atoms with E-state index in [0.717, 1.165) is 6.26 Å². The number of carbonyl (C=O) groups is 1. The van der Waals surface area contributed by atoms with Crippen LogP contribution < -0.4 is 5.32 Å². The van der Waals surface area contributed by atoms with Crippen molar-refractivity contribution in [2.75, 3.05) is 11.6 Å². The minimum Gasteiger partial charge on any atom is -0.321 e. The number of rotatable bonds is 3. The lowest BCUT2D eigenvalue weighted by Gasteiger charge is -2.06. The molecule has 0 atom stereocenters. The maximum absolute atomic E-state index is 11.6. The second-order valence-corrected chi connectivity index (χ2v) is 5.23. The number of sulfone groups is 1. The lowest BCUT2D eigenvalue weighted by Crippen LogP contribution is -2.19. The van der Waals surface area contributed by atoms with Crippen molar-refractivity contribution in [3.05, 3.63) is 41.3 Å². The highest BCUT2D eigenvalue weighted by molar-refractivity contribution is 7.95. The average Bonchev–Trinajstić information content (AvgIpc) is 2.17. The fourth-order valence-corrected chi connectivity index (χ4v) is 2.04. The zero-order chi connectivity index (χ0) is 12.2. The predicted octanol–water partition coefficient (Wildman–Crippen LogP) is 1.57. The Morgan fingerprint density at radius 2 is 1.81 bits per heavy atom. The molecule has 0 bridgehead atoms. The largest absolute Gasteiger partial charge is 0.321 e. The smallest absolute Gasteiger partial charge is 0.266 e. The summed E-state index contributed by atoms with van der Waals surface area (Å²) in [5.74, 6) is -0.615. The van der Waals surface area contributed by atoms with Crippen LogP contribution >= 0.6 is 0 Å². The predicted molar refractivity (Wildman–Crippen MR) is 63.7 cm³/mol. The summed E-state index contributed by atoms with van der Waals surface area (Å²) >= 11 is 0. The second-order valence-electron chi connectivity index (χ2n) is 3.25. The summed E-state index contributed by atoms with van der Waals surface area (Å²) < 4.78 is 22.5. The number of amides is 1. The summed E-state index contributed by atoms with van der Waals surface area (Å²) in [6, 6.07) is 8.69. The van der Waals surface area contributed by atoms with Crippen LogP contribution in [0.4, 0.5) is 5.69 Å². The van der Waals surface area contributed by atoms with E-state index >= 15 is 0 Å². The first kappa shape index (κ1) is 12.4. The van der Waals surface area contributed by atoms with Crippen LogP contribution in [0, 0.1) is 0 Å². The molecule has 0 aliphatic heterocycles. The van der Waals surface area contributed by atoms with Gasteiger partial charge in [-0.3, -0.25) is 4.79 Å². The summed E-state index contributed by atoms with van der Waals surface area (Å²) in [5, 5.41) is 2.51. The van der Waals surface area contributed by atoms with E-state index < -0.39 is 15.7 Å². The summed E-state index contributed by atoms with van der Waals surface area (Å²) in [7, 11) is -3.49. The van der Waals surface area contributed by atoms with Gasteiger partial charge in [-0.15, -0.1) is 0 Å². The highest BCUT2D eigenvalue weighted by atomic mass is 32.2. The van der Waals surface area contributed by atoms with E-state index in [9.17, 15) is 13.2 Å². The first-order valence-corrected chi connectivity index (χ1v) is 6.57. The van der Waals surface area contributed by atoms with Crippen LogP contribution in [0.1, 0.15) is 6.92 Å². The van der Waals surface area contributed by atoms with Crippen molar-refractivity contribution in [2.24, 2.45) is 0 Å². The Kier molecular flexibility index (Phi) is 3.84. The first-order chi connectivity index (χ1) is 7.45. The van der Waals surface area contributed by atoms with Crippen LogP contribution in [0.15, 0.2) is 41.3 Å². The molecule has 86 valence electrons. The third-order valence-corrected chi connectivity index (χ3v) is 3.14. The van der Waals surface area contributed by atoms with Crippen LogP contribution in [-0.4, -0.2) is 20.6 Å². The Morgan fingerprint density at radius 3 is 2.25 bits per heavy atom. The third kappa shape index (κ3) is 3.20. The second kappa shape index (κ2) is 4.94. The van der Waals surface area contributed by atoms with Crippen molar-refractivity contribution in [3.63, 3.8) is 0 Å². The molecule has 1 aromatic carbocycles. The van der Waals surface area contributed by atoms with Gasteiger partial charge in [-0.25, -0.2) is 8.42 Å². The number of hydrogen-bond acceptors (Lipinski definition) is 3. The highest BCUT2D eigenvalue weighted by Crippen LogP contribution is 2.10. The molecule has 0 saturated heterocycles. The Balaban J connectivity index is 2.89. The minimum absolute atomic E-state index is 0.226. The van der Waals surface area contributed by atoms with Crippen LogP contribution in [-0.2, 0) is 14.6 Å². The summed E-state index contributed by atoms with van der Waals surface area (Å²) in [6.45, 7) is 1.51. The molecule has 0 spiro atoms. The maximum atomic E-state index is 11.6. The van der Waals surface area contributed by atoms with E-state index in [1.54, 1.807) is 24.3 Å². The monoisotopic (exact) mass is 239 g/mol. The molecule has 0 fully saturated rings. The van der Waals surface area contributed by atoms with Gasteiger partial charge in [0.15, 0.2) is 9.84 Å². The molecule has 1 N–H and O–H groups in total. The van der Waals surface area contributed by atoms with Crippen LogP contribution in [0.25, 0.3) is 0 Å². The van der Waals surface area contributed by atoms with Crippen molar-refractivity contribution >= 4 is 21.4 Å². The zero-order valence-electron chi connectivity index (χ0n) is 9.10. The van der Waals surface area contributed by atoms with E-state index in [-0.39, 0.29) is 4.91 Å². The molecule has 0 saturated carbocycles. The number of hydrogen-bond donors (Lipinski definition) is 1. The fraction of sp³-hybridized carbons (Fsp3) is 0.182. The highest BCUT2D eigenvalue weighted by Gasteiger charge is 2.18. The van der Waals surface area contributed by atoms with Gasteiger partial charge in [-0.1, -0.05) is 24.3 Å². The molecule has 0 aromatic heterocycles. The van der Waals surface area contributed by atoms with Crippen molar-refractivity contribution in [2.45, 2.75) is 6.92 Å². The minimum atomic E-state index is -3.49. The summed E-state index contributed by atoms with van der Waals surface area (Å²) in [4.78, 5) is 11.4. The SMILES string of the molecule is C/C=C(/C(=O)Nc1ccccc1)S(C)(=O)=O. The molecule has 1 rings (SSSR count). The van der Waals surface area contributed by atoms with E-state index in [1.165, 1.54) is 13.0 Å². The van der Waals surface area contributed by atoms with Gasteiger partial charge in [0.1, 0.15) is 4.91 Å². The van der Waals surface area contributed by atoms with Gasteiger partial charge in [-0.05, 0) is 19.1 Å². The molecular weight excluding hydrogens is 226 g/mol. The Bertz CT molecular complexity index is 503. The van der Waals surface area contributed by atoms with Gasteiger partial charge in [0.05, 0.1) is 0 Å². The molecule has 0 heterocycles. The van der Waals surface area contributed by atoms with E-state index in [0.29, 0.717) is 5.69 Å². The Morgan fingerprint density at radius 1 is 1.25 bits per heavy atom. The molecule has 1 amide bonds. The number of para-hydroxylation sites is 1. The van der Waals surface area contributed by atoms with Crippen molar-refractivity contribution in [3.8, 4) is 0 Å². The molecule has 0 aliphatic carbocycles. The number of anilines is 1. The van der Waals surface area contributed by atoms with E-state index in [1.807, 2.05) is 6.07 Å². The van der Waals surface area contributed by atoms with E-state index in [2.05, 4.69) is 5.32 Å². The average molecular weight is 239 g/mol. The fourth-order valence-electron chi connectivity index (χ4n) is 1.23. The summed E-state index contributed by atoms with van der Waals surface area (Å²) in [5.41, 5.74) is 0.565. The Hall–Kier alpha value is -1.62. The summed E-state index contributed by atoms with van der Waals surface area (Å²) in [6.07, 6.45) is 2.29. The standard InChI is InChI=1S/C11H13NO3S/c1-3-10(16(2,14)15)11(13)12-9-7-5-4-6-8-9/h3-8H,1-2H3,(H,12,13)/b10-3-. The van der Waals surface area contributed by atoms with Crippen LogP contribution in [0.5, 0.6) is 0 Å². The van der Waals surface area contributed by atoms with Crippen molar-refractivity contribution < 1.29 is 13.2 Å². The molecule has 16 heavy (non-hydrogen) atoms. The van der Waals surface area contributed by atoms with Gasteiger partial charge >= 0.3 is 0 Å². The molecule has 4 nitrogen and oxygen atoms in total. The van der Waals surface area contributed by atoms with Gasteiger partial charge in [0.25, 0.3) is 5.91 Å². The topological polar surface area (TPSA) is 63.2 Å². The van der Waals surface area contributed by atoms with Gasteiger partial charge in [0, 0.05) is 11.9 Å².